The Morgan fingerprint density at radius 2 is 0.516 bits per heavy atom. The minimum Gasteiger partial charge on any atom is -0.364 e. The Labute approximate surface area is 723 Å². The predicted octanol–water partition coefficient (Wildman–Crippen LogP) is 29.3. The van der Waals surface area contributed by atoms with E-state index in [2.05, 4.69) is 66.2 Å². The number of hydrogen-bond acceptors (Lipinski definition) is 6. The number of H-pyrrole nitrogens is 3. The summed E-state index contributed by atoms with van der Waals surface area (Å²) in [6, 6.07) is 58.1. The summed E-state index contributed by atoms with van der Waals surface area (Å²) >= 11 is 0. The molecule has 0 spiro atoms. The number of rotatable bonds is 15. The van der Waals surface area contributed by atoms with Crippen LogP contribution in [-0.2, 0) is 0 Å². The lowest BCUT2D eigenvalue weighted by Gasteiger charge is -2.47. The van der Waals surface area contributed by atoms with Gasteiger partial charge in [0.05, 0.1) is 53.3 Å². The summed E-state index contributed by atoms with van der Waals surface area (Å²) < 4.78 is 137. The Balaban J connectivity index is 0.000000123. The van der Waals surface area contributed by atoms with Crippen LogP contribution >= 0.6 is 0 Å². The van der Waals surface area contributed by atoms with E-state index in [1.807, 2.05) is 164 Å². The third-order valence-corrected chi connectivity index (χ3v) is 28.2. The SMILES string of the molecule is [C-]#[N+]c1c(-c2c[nH]c3c(F)cc(F)cc23)nc(NC2C3CCC(CC3)C2C)c(F)c1-c1ccc(-c2ccccc2)cc1.[C-]#[N+]c1c(-c2c[nH]c3c(F)cc(F)cc23)nc(N[C@@H]2C3CCC(CC3)[C@H]2C)c(F)c1-c1ccc(-c2ccccc2)cc1.[C-]#[N+]c1c(-c2c[nH]c3c(F)cc(F)cc23)nc(N[C@H]2C3CCC(CC3)[C@@H]2C)c(F)c1-c1ccc(-c2ccccc2)cc1. The molecule has 6 bridgehead atoms. The van der Waals surface area contributed by atoms with Gasteiger partial charge in [0, 0.05) is 104 Å². The maximum absolute atomic E-state index is 16.6. The highest BCUT2D eigenvalue weighted by atomic mass is 19.2. The van der Waals surface area contributed by atoms with Crippen LogP contribution in [-0.4, -0.2) is 48.0 Å². The van der Waals surface area contributed by atoms with Crippen LogP contribution in [0.4, 0.5) is 74.0 Å². The van der Waals surface area contributed by atoms with Crippen LogP contribution in [0.15, 0.2) is 219 Å². The molecule has 6 heterocycles. The predicted molar refractivity (Wildman–Crippen MR) is 482 cm³/mol. The molecule has 0 aliphatic heterocycles. The average Bonchev–Trinajstić information content (AvgIpc) is 1.74. The van der Waals surface area contributed by atoms with Gasteiger partial charge in [-0.05, 0) is 199 Å². The summed E-state index contributed by atoms with van der Waals surface area (Å²) in [6.07, 6.45) is 18.2. The van der Waals surface area contributed by atoms with Crippen LogP contribution in [0.5, 0.6) is 0 Å². The van der Waals surface area contributed by atoms with Crippen molar-refractivity contribution in [1.29, 1.82) is 0 Å². The Morgan fingerprint density at radius 1 is 0.294 bits per heavy atom. The first-order valence-corrected chi connectivity index (χ1v) is 43.3. The van der Waals surface area contributed by atoms with Gasteiger partial charge in [-0.2, -0.15) is 0 Å². The Kier molecular flexibility index (Phi) is 22.2. The zero-order chi connectivity index (χ0) is 86.9. The van der Waals surface area contributed by atoms with E-state index in [4.69, 9.17) is 34.7 Å². The molecule has 9 saturated carbocycles. The minimum absolute atomic E-state index is 0.00528. The van der Waals surface area contributed by atoms with Crippen molar-refractivity contribution in [2.75, 3.05) is 16.0 Å². The number of hydrogen-bond donors (Lipinski definition) is 6. The molecular formula is C105H87F9N12. The molecule has 0 saturated heterocycles. The minimum atomic E-state index is -0.746. The molecule has 12 nitrogen and oxygen atoms in total. The van der Waals surface area contributed by atoms with Gasteiger partial charge in [-0.1, -0.05) is 185 Å². The fourth-order valence-electron chi connectivity index (χ4n) is 21.5. The fourth-order valence-corrected chi connectivity index (χ4v) is 21.5. The number of aromatic nitrogens is 6. The van der Waals surface area contributed by atoms with E-state index in [9.17, 15) is 26.3 Å². The van der Waals surface area contributed by atoms with Gasteiger partial charge in [-0.25, -0.2) is 69.0 Å². The van der Waals surface area contributed by atoms with Crippen molar-refractivity contribution in [3.05, 3.63) is 305 Å². The monoisotopic (exact) mass is 1690 g/mol. The van der Waals surface area contributed by atoms with Crippen LogP contribution in [0.2, 0.25) is 0 Å². The van der Waals surface area contributed by atoms with Gasteiger partial charge in [-0.3, -0.25) is 0 Å². The molecule has 9 aromatic carbocycles. The first kappa shape index (κ1) is 81.9. The van der Waals surface area contributed by atoms with E-state index in [1.165, 1.54) is 75.3 Å². The van der Waals surface area contributed by atoms with Crippen molar-refractivity contribution in [1.82, 2.24) is 29.9 Å². The number of benzene rings is 9. The van der Waals surface area contributed by atoms with E-state index in [-0.39, 0.29) is 119 Å². The zero-order valence-electron chi connectivity index (χ0n) is 69.3. The molecule has 630 valence electrons. The summed E-state index contributed by atoms with van der Waals surface area (Å²) in [4.78, 5) is 33.9. The highest BCUT2D eigenvalue weighted by molar-refractivity contribution is 6.05. The zero-order valence-corrected chi connectivity index (χ0v) is 69.3. The van der Waals surface area contributed by atoms with Crippen molar-refractivity contribution < 1.29 is 39.5 Å². The van der Waals surface area contributed by atoms with Crippen LogP contribution in [0.3, 0.4) is 0 Å². The summed E-state index contributed by atoms with van der Waals surface area (Å²) in [5.74, 6) is -1.98. The van der Waals surface area contributed by atoms with E-state index in [0.717, 1.165) is 90.1 Å². The molecule has 9 aliphatic rings. The molecule has 21 heteroatoms. The van der Waals surface area contributed by atoms with E-state index >= 15 is 13.2 Å². The van der Waals surface area contributed by atoms with Gasteiger partial charge in [0.25, 0.3) is 0 Å². The highest BCUT2D eigenvalue weighted by Crippen LogP contribution is 2.54. The lowest BCUT2D eigenvalue weighted by atomic mass is 9.62. The Morgan fingerprint density at radius 3 is 0.746 bits per heavy atom. The molecule has 0 amide bonds. The molecule has 6 N–H and O–H groups in total. The molecular weight excluding hydrogens is 1600 g/mol. The number of halogens is 9. The smallest absolute Gasteiger partial charge is 0.223 e. The molecule has 9 fully saturated rings. The molecule has 126 heavy (non-hydrogen) atoms. The largest absolute Gasteiger partial charge is 0.364 e. The number of pyridine rings is 3. The van der Waals surface area contributed by atoms with Gasteiger partial charge in [0.15, 0.2) is 34.9 Å². The van der Waals surface area contributed by atoms with Crippen molar-refractivity contribution in [2.45, 2.75) is 116 Å². The van der Waals surface area contributed by atoms with Crippen LogP contribution < -0.4 is 16.0 Å². The molecule has 6 atom stereocenters. The molecule has 6 aromatic heterocycles. The van der Waals surface area contributed by atoms with Crippen molar-refractivity contribution in [3.63, 3.8) is 0 Å². The second kappa shape index (κ2) is 34.1. The van der Waals surface area contributed by atoms with E-state index < -0.39 is 52.4 Å². The lowest BCUT2D eigenvalue weighted by Crippen LogP contribution is -2.47. The molecule has 0 radical (unpaired) electrons. The number of nitrogens with one attached hydrogen (secondary N) is 6. The van der Waals surface area contributed by atoms with Gasteiger partial charge < -0.3 is 30.9 Å². The van der Waals surface area contributed by atoms with Gasteiger partial charge in [0.1, 0.15) is 34.9 Å². The normalized spacial score (nSPS) is 21.4. The third-order valence-electron chi connectivity index (χ3n) is 28.2. The summed E-state index contributed by atoms with van der Waals surface area (Å²) in [5, 5.41) is 11.1. The van der Waals surface area contributed by atoms with Gasteiger partial charge in [-0.15, -0.1) is 0 Å². The second-order valence-electron chi connectivity index (χ2n) is 34.9. The number of aromatic amines is 3. The molecule has 24 rings (SSSR count). The van der Waals surface area contributed by atoms with Crippen molar-refractivity contribution in [2.24, 2.45) is 53.3 Å². The first-order valence-electron chi connectivity index (χ1n) is 43.3. The molecule has 2 unspecified atom stereocenters. The van der Waals surface area contributed by atoms with Crippen LogP contribution in [0.1, 0.15) is 97.8 Å². The quantitative estimate of drug-likeness (QED) is 0.0447. The molecule has 9 aliphatic carbocycles. The van der Waals surface area contributed by atoms with E-state index in [1.54, 1.807) is 0 Å². The van der Waals surface area contributed by atoms with Crippen LogP contribution in [0, 0.1) is 125 Å². The van der Waals surface area contributed by atoms with Crippen LogP contribution in [0.25, 0.3) is 148 Å². The summed E-state index contributed by atoms with van der Waals surface area (Å²) in [7, 11) is 0. The fraction of sp³-hybridized carbons (Fsp3) is 0.257. The first-order chi connectivity index (χ1) is 61.3. The Hall–Kier alpha value is -13.7. The lowest BCUT2D eigenvalue weighted by molar-refractivity contribution is 0.0926. The maximum atomic E-state index is 16.6. The number of anilines is 3. The topological polar surface area (TPSA) is 135 Å². The van der Waals surface area contributed by atoms with Gasteiger partial charge >= 0.3 is 0 Å². The van der Waals surface area contributed by atoms with Crippen molar-refractivity contribution in [3.8, 4) is 101 Å². The maximum Gasteiger partial charge on any atom is 0.223 e. The standard InChI is InChI=1S/3C35H29F3N4/c3*1-19-20-8-14-24(15-9-20)31(19)41-35-30(38)29(23-12-10-22(11-13-23)21-6-4-3-5-7-21)34(39-2)33(42-35)27-18-40-32-26(27)16-25(36)17-28(32)37/h3*3-7,10-13,16-20,24,31,40H,8-9,14-15H2,1H3,(H,41,42)/t2*19-,20?,24?,31+;/m10./s1. The number of fused-ring (bicyclic) bond motifs is 12. The Bertz CT molecular complexity index is 6140. The second-order valence-corrected chi connectivity index (χ2v) is 34.9. The highest BCUT2D eigenvalue weighted by Gasteiger charge is 2.46. The van der Waals surface area contributed by atoms with Gasteiger partial charge in [0.2, 0.25) is 17.1 Å². The molecule has 15 aromatic rings. The van der Waals surface area contributed by atoms with Crippen molar-refractivity contribution >= 4 is 67.2 Å². The average molecular weight is 1690 g/mol. The number of nitrogens with zero attached hydrogens (tertiary/aromatic N) is 6. The summed E-state index contributed by atoms with van der Waals surface area (Å²) in [5.41, 5.74) is 9.80. The summed E-state index contributed by atoms with van der Waals surface area (Å²) in [6.45, 7) is 31.0. The van der Waals surface area contributed by atoms with E-state index in [0.29, 0.717) is 86.6 Å². The third kappa shape index (κ3) is 15.1.